The molecule has 2 aromatic rings. The summed E-state index contributed by atoms with van der Waals surface area (Å²) in [4.78, 5) is 44.6. The second-order valence-corrected chi connectivity index (χ2v) is 9.98. The predicted octanol–water partition coefficient (Wildman–Crippen LogP) is 2.21. The molecular formula is C22H26N4O3S. The molecule has 3 aliphatic rings. The minimum atomic E-state index is -0.143. The predicted molar refractivity (Wildman–Crippen MR) is 115 cm³/mol. The van der Waals surface area contributed by atoms with Crippen molar-refractivity contribution in [1.29, 1.82) is 0 Å². The molecule has 1 fully saturated rings. The normalized spacial score (nSPS) is 24.6. The molecule has 158 valence electrons. The summed E-state index contributed by atoms with van der Waals surface area (Å²) in [7, 11) is 0. The van der Waals surface area contributed by atoms with Gasteiger partial charge in [0.1, 0.15) is 0 Å². The van der Waals surface area contributed by atoms with Gasteiger partial charge in [-0.1, -0.05) is 31.7 Å². The molecule has 0 radical (unpaired) electrons. The number of hydrogen-bond donors (Lipinski definition) is 0. The molecule has 5 rings (SSSR count). The van der Waals surface area contributed by atoms with Gasteiger partial charge in [-0.2, -0.15) is 0 Å². The first kappa shape index (κ1) is 19.6. The van der Waals surface area contributed by atoms with Crippen LogP contribution in [0.5, 0.6) is 0 Å². The van der Waals surface area contributed by atoms with Crippen LogP contribution in [0.3, 0.4) is 0 Å². The summed E-state index contributed by atoms with van der Waals surface area (Å²) < 4.78 is 3.58. The number of piperidine rings is 1. The SMILES string of the molecule is CC(C)c1cc(=O)n2c(n1)SC[C@@H]2CC(=O)N1C[C@@H]2C[C@@H](C1)c1cccc(=O)n1C2. The van der Waals surface area contributed by atoms with Crippen LogP contribution in [0.1, 0.15) is 56.0 Å². The maximum absolute atomic E-state index is 13.2. The number of carbonyl (C=O) groups excluding carboxylic acids is 1. The molecule has 1 amide bonds. The maximum Gasteiger partial charge on any atom is 0.254 e. The van der Waals surface area contributed by atoms with E-state index in [4.69, 9.17) is 0 Å². The van der Waals surface area contributed by atoms with E-state index >= 15 is 0 Å². The molecule has 1 saturated heterocycles. The van der Waals surface area contributed by atoms with Gasteiger partial charge in [0.2, 0.25) is 5.91 Å². The molecule has 8 heteroatoms. The molecule has 3 atom stereocenters. The van der Waals surface area contributed by atoms with Gasteiger partial charge in [0.05, 0.1) is 11.7 Å². The lowest BCUT2D eigenvalue weighted by Gasteiger charge is -2.43. The fourth-order valence-electron chi connectivity index (χ4n) is 5.05. The van der Waals surface area contributed by atoms with Gasteiger partial charge >= 0.3 is 0 Å². The van der Waals surface area contributed by atoms with Gasteiger partial charge in [-0.15, -0.1) is 0 Å². The third kappa shape index (κ3) is 3.31. The van der Waals surface area contributed by atoms with E-state index in [0.29, 0.717) is 37.7 Å². The zero-order valence-corrected chi connectivity index (χ0v) is 18.1. The number of thioether (sulfide) groups is 1. The van der Waals surface area contributed by atoms with E-state index in [9.17, 15) is 14.4 Å². The molecule has 0 N–H and O–H groups in total. The first-order valence-corrected chi connectivity index (χ1v) is 11.6. The van der Waals surface area contributed by atoms with Crippen LogP contribution in [0.2, 0.25) is 0 Å². The Hall–Kier alpha value is -2.35. The molecule has 2 aromatic heterocycles. The smallest absolute Gasteiger partial charge is 0.254 e. The fourth-order valence-corrected chi connectivity index (χ4v) is 6.20. The molecule has 0 saturated carbocycles. The third-order valence-electron chi connectivity index (χ3n) is 6.54. The van der Waals surface area contributed by atoms with Crippen LogP contribution < -0.4 is 11.1 Å². The summed E-state index contributed by atoms with van der Waals surface area (Å²) in [5.41, 5.74) is 1.84. The quantitative estimate of drug-likeness (QED) is 0.704. The van der Waals surface area contributed by atoms with Gasteiger partial charge in [-0.25, -0.2) is 4.98 Å². The van der Waals surface area contributed by atoms with Gasteiger partial charge in [0.25, 0.3) is 11.1 Å². The first-order valence-electron chi connectivity index (χ1n) is 10.6. The van der Waals surface area contributed by atoms with E-state index in [-0.39, 0.29) is 34.9 Å². The monoisotopic (exact) mass is 426 g/mol. The number of aromatic nitrogens is 3. The van der Waals surface area contributed by atoms with Crippen LogP contribution in [0, 0.1) is 5.92 Å². The Morgan fingerprint density at radius 2 is 2.03 bits per heavy atom. The van der Waals surface area contributed by atoms with Crippen molar-refractivity contribution in [3.8, 4) is 0 Å². The molecule has 0 aromatic carbocycles. The summed E-state index contributed by atoms with van der Waals surface area (Å²) >= 11 is 1.56. The van der Waals surface area contributed by atoms with Crippen molar-refractivity contribution in [3.05, 3.63) is 56.4 Å². The highest BCUT2D eigenvalue weighted by Crippen LogP contribution is 2.37. The van der Waals surface area contributed by atoms with E-state index in [1.165, 1.54) is 0 Å². The topological polar surface area (TPSA) is 77.2 Å². The summed E-state index contributed by atoms with van der Waals surface area (Å²) in [6.45, 7) is 6.06. The Kier molecular flexibility index (Phi) is 4.84. The summed E-state index contributed by atoms with van der Waals surface area (Å²) in [5, 5.41) is 0.729. The summed E-state index contributed by atoms with van der Waals surface area (Å²) in [6, 6.07) is 6.90. The van der Waals surface area contributed by atoms with Crippen molar-refractivity contribution in [2.45, 2.75) is 56.3 Å². The Labute approximate surface area is 179 Å². The Morgan fingerprint density at radius 3 is 2.83 bits per heavy atom. The van der Waals surface area contributed by atoms with Crippen molar-refractivity contribution in [1.82, 2.24) is 19.0 Å². The van der Waals surface area contributed by atoms with E-state index in [1.807, 2.05) is 35.4 Å². The number of likely N-dealkylation sites (tertiary alicyclic amines) is 1. The number of rotatable bonds is 3. The minimum Gasteiger partial charge on any atom is -0.342 e. The average Bonchev–Trinajstić information content (AvgIpc) is 3.12. The number of fused-ring (bicyclic) bond motifs is 5. The average molecular weight is 427 g/mol. The van der Waals surface area contributed by atoms with Crippen LogP contribution >= 0.6 is 11.8 Å². The van der Waals surface area contributed by atoms with Crippen LogP contribution in [-0.4, -0.2) is 43.8 Å². The Balaban J connectivity index is 1.34. The molecule has 0 aliphatic carbocycles. The fraction of sp³-hybridized carbons (Fsp3) is 0.545. The van der Waals surface area contributed by atoms with Gasteiger partial charge in [0, 0.05) is 55.6 Å². The van der Waals surface area contributed by atoms with Crippen molar-refractivity contribution < 1.29 is 4.79 Å². The molecular weight excluding hydrogens is 400 g/mol. The molecule has 0 spiro atoms. The molecule has 0 unspecified atom stereocenters. The van der Waals surface area contributed by atoms with Crippen molar-refractivity contribution >= 4 is 17.7 Å². The molecule has 5 heterocycles. The van der Waals surface area contributed by atoms with E-state index < -0.39 is 0 Å². The van der Waals surface area contributed by atoms with Crippen molar-refractivity contribution in [3.63, 3.8) is 0 Å². The van der Waals surface area contributed by atoms with E-state index in [0.717, 1.165) is 23.0 Å². The number of nitrogens with zero attached hydrogens (tertiary/aromatic N) is 4. The van der Waals surface area contributed by atoms with Crippen LogP contribution in [0.4, 0.5) is 0 Å². The highest BCUT2D eigenvalue weighted by atomic mass is 32.2. The third-order valence-corrected chi connectivity index (χ3v) is 7.64. The van der Waals surface area contributed by atoms with E-state index in [1.54, 1.807) is 28.5 Å². The molecule has 7 nitrogen and oxygen atoms in total. The lowest BCUT2D eigenvalue weighted by molar-refractivity contribution is -0.134. The Morgan fingerprint density at radius 1 is 1.20 bits per heavy atom. The Bertz CT molecular complexity index is 1120. The van der Waals surface area contributed by atoms with Gasteiger partial charge in [-0.05, 0) is 24.3 Å². The zero-order valence-electron chi connectivity index (χ0n) is 17.3. The molecule has 30 heavy (non-hydrogen) atoms. The highest BCUT2D eigenvalue weighted by molar-refractivity contribution is 7.99. The summed E-state index contributed by atoms with van der Waals surface area (Å²) in [5.74, 6) is 1.51. The highest BCUT2D eigenvalue weighted by Gasteiger charge is 2.37. The number of carbonyl (C=O) groups is 1. The first-order chi connectivity index (χ1) is 14.4. The second-order valence-electron chi connectivity index (χ2n) is 8.99. The molecule has 3 aliphatic heterocycles. The molecule has 2 bridgehead atoms. The van der Waals surface area contributed by atoms with Crippen LogP contribution in [0.25, 0.3) is 0 Å². The van der Waals surface area contributed by atoms with Crippen LogP contribution in [-0.2, 0) is 11.3 Å². The van der Waals surface area contributed by atoms with Gasteiger partial charge < -0.3 is 9.47 Å². The lowest BCUT2D eigenvalue weighted by Crippen LogP contribution is -2.49. The van der Waals surface area contributed by atoms with E-state index in [2.05, 4.69) is 4.98 Å². The van der Waals surface area contributed by atoms with Crippen molar-refractivity contribution in [2.75, 3.05) is 18.8 Å². The second kappa shape index (κ2) is 7.41. The largest absolute Gasteiger partial charge is 0.342 e. The standard InChI is InChI=1S/C22H26N4O3S/c1-13(2)17-8-21(29)26-16(12-30-22(26)23-17)7-20(28)24-9-14-6-15(11-24)18-4-3-5-19(27)25(18)10-14/h3-5,8,13-16H,6-7,9-12H2,1-2H3/t14-,15-,16-/m0/s1. The van der Waals surface area contributed by atoms with Crippen molar-refractivity contribution in [2.24, 2.45) is 5.92 Å². The minimum absolute atomic E-state index is 0.0502. The van der Waals surface area contributed by atoms with Crippen LogP contribution in [0.15, 0.2) is 39.0 Å². The number of pyridine rings is 1. The van der Waals surface area contributed by atoms with Gasteiger partial charge in [-0.3, -0.25) is 19.0 Å². The number of hydrogen-bond acceptors (Lipinski definition) is 5. The zero-order chi connectivity index (χ0) is 21.0. The van der Waals surface area contributed by atoms with Gasteiger partial charge in [0.15, 0.2) is 5.16 Å². The lowest BCUT2D eigenvalue weighted by atomic mass is 9.83. The summed E-state index contributed by atoms with van der Waals surface area (Å²) in [6.07, 6.45) is 1.35. The maximum atomic E-state index is 13.2. The number of amides is 1.